The van der Waals surface area contributed by atoms with Crippen LogP contribution in [0, 0.1) is 11.6 Å². The Hall–Kier alpha value is -2.96. The highest BCUT2D eigenvalue weighted by Crippen LogP contribution is 2.12. The highest BCUT2D eigenvalue weighted by molar-refractivity contribution is 5.80. The van der Waals surface area contributed by atoms with Crippen LogP contribution in [-0.4, -0.2) is 23.2 Å². The van der Waals surface area contributed by atoms with Crippen LogP contribution in [0.15, 0.2) is 48.5 Å². The van der Waals surface area contributed by atoms with Crippen molar-refractivity contribution >= 4 is 12.1 Å². The van der Waals surface area contributed by atoms with Gasteiger partial charge in [0.1, 0.15) is 24.3 Å². The van der Waals surface area contributed by atoms with Gasteiger partial charge in [-0.1, -0.05) is 36.4 Å². The van der Waals surface area contributed by atoms with Gasteiger partial charge in [0.25, 0.3) is 0 Å². The molecule has 0 aliphatic rings. The second kappa shape index (κ2) is 8.05. The fourth-order valence-corrected chi connectivity index (χ4v) is 2.01. The maximum atomic E-state index is 13.6. The minimum Gasteiger partial charge on any atom is -0.480 e. The fourth-order valence-electron chi connectivity index (χ4n) is 2.01. The van der Waals surface area contributed by atoms with E-state index in [1.807, 2.05) is 0 Å². The first-order valence-corrected chi connectivity index (χ1v) is 7.09. The predicted octanol–water partition coefficient (Wildman–Crippen LogP) is 2.89. The first-order valence-electron chi connectivity index (χ1n) is 7.09. The van der Waals surface area contributed by atoms with Crippen molar-refractivity contribution in [1.82, 2.24) is 5.32 Å². The van der Waals surface area contributed by atoms with Gasteiger partial charge in [0.2, 0.25) is 0 Å². The topological polar surface area (TPSA) is 75.6 Å². The molecule has 24 heavy (non-hydrogen) atoms. The van der Waals surface area contributed by atoms with Crippen molar-refractivity contribution in [1.29, 1.82) is 0 Å². The molecule has 2 aromatic carbocycles. The lowest BCUT2D eigenvalue weighted by Gasteiger charge is -2.15. The highest BCUT2D eigenvalue weighted by Gasteiger charge is 2.22. The molecule has 126 valence electrons. The molecule has 0 saturated carbocycles. The number of carboxylic acid groups (broad SMARTS) is 1. The molecule has 0 bridgehead atoms. The normalized spacial score (nSPS) is 11.6. The minimum atomic E-state index is -1.40. The average Bonchev–Trinajstić information content (AvgIpc) is 2.55. The third kappa shape index (κ3) is 5.05. The summed E-state index contributed by atoms with van der Waals surface area (Å²) in [6.45, 7) is -0.0239. The van der Waals surface area contributed by atoms with E-state index in [0.29, 0.717) is 6.07 Å². The Morgan fingerprint density at radius 1 is 1.12 bits per heavy atom. The number of benzene rings is 2. The lowest BCUT2D eigenvalue weighted by Crippen LogP contribution is -2.42. The molecule has 1 atom stereocenters. The first kappa shape index (κ1) is 17.4. The zero-order valence-corrected chi connectivity index (χ0v) is 12.5. The van der Waals surface area contributed by atoms with E-state index < -0.39 is 29.7 Å². The number of carbonyl (C=O) groups excluding carboxylic acids is 1. The Morgan fingerprint density at radius 3 is 2.46 bits per heavy atom. The van der Waals surface area contributed by atoms with E-state index >= 15 is 0 Å². The Morgan fingerprint density at radius 2 is 1.83 bits per heavy atom. The van der Waals surface area contributed by atoms with Gasteiger partial charge in [-0.3, -0.25) is 0 Å². The summed E-state index contributed by atoms with van der Waals surface area (Å²) in [6, 6.07) is 10.3. The molecular formula is C17H15F2NO4. The maximum absolute atomic E-state index is 13.6. The van der Waals surface area contributed by atoms with E-state index in [1.165, 1.54) is 0 Å². The molecule has 0 aliphatic carbocycles. The number of halogens is 2. The molecule has 2 aromatic rings. The Kier molecular flexibility index (Phi) is 5.83. The molecule has 0 fully saturated rings. The number of hydrogen-bond donors (Lipinski definition) is 2. The van der Waals surface area contributed by atoms with Crippen molar-refractivity contribution in [3.05, 3.63) is 71.3 Å². The largest absolute Gasteiger partial charge is 0.480 e. The average molecular weight is 335 g/mol. The summed E-state index contributed by atoms with van der Waals surface area (Å²) in [5.41, 5.74) is 0.719. The molecule has 2 N–H and O–H groups in total. The predicted molar refractivity (Wildman–Crippen MR) is 81.2 cm³/mol. The molecule has 7 heteroatoms. The van der Waals surface area contributed by atoms with E-state index in [4.69, 9.17) is 9.84 Å². The van der Waals surface area contributed by atoms with Crippen LogP contribution in [-0.2, 0) is 22.6 Å². The molecule has 0 aromatic heterocycles. The van der Waals surface area contributed by atoms with Crippen molar-refractivity contribution in [3.63, 3.8) is 0 Å². The molecule has 1 unspecified atom stereocenters. The van der Waals surface area contributed by atoms with Crippen molar-refractivity contribution in [2.24, 2.45) is 0 Å². The molecule has 2 rings (SSSR count). The lowest BCUT2D eigenvalue weighted by molar-refractivity contribution is -0.139. The Labute approximate surface area is 136 Å². The molecule has 0 heterocycles. The second-order valence-electron chi connectivity index (χ2n) is 5.04. The van der Waals surface area contributed by atoms with Gasteiger partial charge in [-0.15, -0.1) is 0 Å². The van der Waals surface area contributed by atoms with Gasteiger partial charge in [0.15, 0.2) is 0 Å². The van der Waals surface area contributed by atoms with Crippen molar-refractivity contribution in [2.45, 2.75) is 19.1 Å². The van der Waals surface area contributed by atoms with Crippen LogP contribution in [0.1, 0.15) is 11.1 Å². The van der Waals surface area contributed by atoms with E-state index in [2.05, 4.69) is 5.32 Å². The van der Waals surface area contributed by atoms with E-state index in [0.717, 1.165) is 17.7 Å². The summed E-state index contributed by atoms with van der Waals surface area (Å²) >= 11 is 0. The van der Waals surface area contributed by atoms with Crippen molar-refractivity contribution in [2.75, 3.05) is 0 Å². The summed E-state index contributed by atoms with van der Waals surface area (Å²) in [5, 5.41) is 11.3. The van der Waals surface area contributed by atoms with Gasteiger partial charge in [0, 0.05) is 12.5 Å². The van der Waals surface area contributed by atoms with Gasteiger partial charge in [0.05, 0.1) is 0 Å². The van der Waals surface area contributed by atoms with Gasteiger partial charge in [-0.25, -0.2) is 18.4 Å². The maximum Gasteiger partial charge on any atom is 0.408 e. The monoisotopic (exact) mass is 335 g/mol. The van der Waals surface area contributed by atoms with Gasteiger partial charge >= 0.3 is 12.1 Å². The van der Waals surface area contributed by atoms with Gasteiger partial charge < -0.3 is 15.2 Å². The molecular weight excluding hydrogens is 320 g/mol. The minimum absolute atomic E-state index is 0.0211. The number of amides is 1. The van der Waals surface area contributed by atoms with Gasteiger partial charge in [-0.2, -0.15) is 0 Å². The molecule has 5 nitrogen and oxygen atoms in total. The van der Waals surface area contributed by atoms with Crippen LogP contribution in [0.25, 0.3) is 0 Å². The number of carbonyl (C=O) groups is 2. The van der Waals surface area contributed by atoms with E-state index in [-0.39, 0.29) is 18.6 Å². The highest BCUT2D eigenvalue weighted by atomic mass is 19.1. The van der Waals surface area contributed by atoms with Crippen LogP contribution >= 0.6 is 0 Å². The zero-order chi connectivity index (χ0) is 17.5. The number of carboxylic acids is 1. The summed E-state index contributed by atoms with van der Waals surface area (Å²) in [4.78, 5) is 22.9. The van der Waals surface area contributed by atoms with Gasteiger partial charge in [-0.05, 0) is 17.2 Å². The number of rotatable bonds is 6. The number of alkyl carbamates (subject to hydrolysis) is 1. The van der Waals surface area contributed by atoms with Crippen molar-refractivity contribution < 1.29 is 28.2 Å². The SMILES string of the molecule is O=C(NC(Cc1ccc(F)cc1F)C(=O)O)OCc1ccccc1. The third-order valence-electron chi connectivity index (χ3n) is 3.24. The number of hydrogen-bond acceptors (Lipinski definition) is 3. The summed E-state index contributed by atoms with van der Waals surface area (Å²) < 4.78 is 31.4. The Balaban J connectivity index is 1.95. The molecule has 0 aliphatic heterocycles. The van der Waals surface area contributed by atoms with Crippen LogP contribution in [0.5, 0.6) is 0 Å². The number of aliphatic carboxylic acids is 1. The van der Waals surface area contributed by atoms with Crippen LogP contribution in [0.3, 0.4) is 0 Å². The first-order chi connectivity index (χ1) is 11.5. The fraction of sp³-hybridized carbons (Fsp3) is 0.176. The smallest absolute Gasteiger partial charge is 0.408 e. The standard InChI is InChI=1S/C17H15F2NO4/c18-13-7-6-12(14(19)9-13)8-15(16(21)22)20-17(23)24-10-11-4-2-1-3-5-11/h1-7,9,15H,8,10H2,(H,20,23)(H,21,22). The molecule has 1 amide bonds. The second-order valence-corrected chi connectivity index (χ2v) is 5.04. The van der Waals surface area contributed by atoms with Crippen LogP contribution < -0.4 is 5.32 Å². The summed E-state index contributed by atoms with van der Waals surface area (Å²) in [7, 11) is 0. The lowest BCUT2D eigenvalue weighted by atomic mass is 10.1. The molecule has 0 radical (unpaired) electrons. The number of nitrogens with one attached hydrogen (secondary N) is 1. The summed E-state index contributed by atoms with van der Waals surface area (Å²) in [5.74, 6) is -2.99. The Bertz CT molecular complexity index is 722. The van der Waals surface area contributed by atoms with Crippen LogP contribution in [0.4, 0.5) is 13.6 Å². The number of ether oxygens (including phenoxy) is 1. The van der Waals surface area contributed by atoms with E-state index in [1.54, 1.807) is 30.3 Å². The zero-order valence-electron chi connectivity index (χ0n) is 12.5. The molecule has 0 spiro atoms. The van der Waals surface area contributed by atoms with E-state index in [9.17, 15) is 18.4 Å². The molecule has 0 saturated heterocycles. The summed E-state index contributed by atoms with van der Waals surface area (Å²) in [6.07, 6.45) is -1.27. The van der Waals surface area contributed by atoms with Crippen molar-refractivity contribution in [3.8, 4) is 0 Å². The van der Waals surface area contributed by atoms with Crippen LogP contribution in [0.2, 0.25) is 0 Å². The quantitative estimate of drug-likeness (QED) is 0.851. The third-order valence-corrected chi connectivity index (χ3v) is 3.24.